The van der Waals surface area contributed by atoms with E-state index in [1.54, 1.807) is 12.1 Å². The fourth-order valence-electron chi connectivity index (χ4n) is 2.07. The van der Waals surface area contributed by atoms with Gasteiger partial charge < -0.3 is 21.1 Å². The van der Waals surface area contributed by atoms with Gasteiger partial charge in [0.1, 0.15) is 17.1 Å². The summed E-state index contributed by atoms with van der Waals surface area (Å²) in [6, 6.07) is 12.7. The minimum atomic E-state index is -0.530. The summed E-state index contributed by atoms with van der Waals surface area (Å²) in [5, 5.41) is 14.1. The Morgan fingerprint density at radius 1 is 1.19 bits per heavy atom. The number of hydrogen-bond acceptors (Lipinski definition) is 7. The van der Waals surface area contributed by atoms with Crippen molar-refractivity contribution < 1.29 is 9.53 Å². The number of azo groups is 1. The number of hydrogen-bond donors (Lipinski definition) is 3. The number of nitrogens with two attached hydrogens (primary N) is 1. The summed E-state index contributed by atoms with van der Waals surface area (Å²) in [6.07, 6.45) is -0.457. The first kappa shape index (κ1) is 20.2. The van der Waals surface area contributed by atoms with Crippen LogP contribution in [0.4, 0.5) is 27.8 Å². The Hall–Kier alpha value is -3.16. The van der Waals surface area contributed by atoms with Gasteiger partial charge in [-0.05, 0) is 52.0 Å². The fourth-order valence-corrected chi connectivity index (χ4v) is 2.07. The summed E-state index contributed by atoms with van der Waals surface area (Å²) >= 11 is 0. The average Bonchev–Trinajstić information content (AvgIpc) is 2.58. The molecule has 0 aliphatic carbocycles. The zero-order valence-corrected chi connectivity index (χ0v) is 16.1. The van der Waals surface area contributed by atoms with Gasteiger partial charge in [0.05, 0.1) is 5.69 Å². The number of nitrogens with zero attached hydrogens (tertiary/aromatic N) is 3. The maximum absolute atomic E-state index is 11.7. The number of benzene rings is 1. The first-order valence-electron chi connectivity index (χ1n) is 8.69. The largest absolute Gasteiger partial charge is 0.444 e. The Morgan fingerprint density at radius 3 is 2.52 bits per heavy atom. The molecular weight excluding hydrogens is 344 g/mol. The Balaban J connectivity index is 1.88. The highest BCUT2D eigenvalue weighted by Crippen LogP contribution is 2.24. The number of pyridine rings is 1. The number of nitrogens with one attached hydrogen (secondary N) is 2. The molecule has 0 saturated heterocycles. The second-order valence-corrected chi connectivity index (χ2v) is 7.06. The van der Waals surface area contributed by atoms with Crippen molar-refractivity contribution in [3.05, 3.63) is 42.5 Å². The van der Waals surface area contributed by atoms with E-state index < -0.39 is 11.7 Å². The quantitative estimate of drug-likeness (QED) is 0.652. The first-order valence-corrected chi connectivity index (χ1v) is 8.69. The van der Waals surface area contributed by atoms with Gasteiger partial charge in [0.25, 0.3) is 0 Å². The van der Waals surface area contributed by atoms with E-state index in [0.29, 0.717) is 18.1 Å². The van der Waals surface area contributed by atoms with E-state index in [0.717, 1.165) is 5.69 Å². The normalized spacial score (nSPS) is 12.6. The Labute approximate surface area is 159 Å². The van der Waals surface area contributed by atoms with Crippen molar-refractivity contribution in [1.29, 1.82) is 0 Å². The van der Waals surface area contributed by atoms with E-state index >= 15 is 0 Å². The zero-order valence-electron chi connectivity index (χ0n) is 16.1. The Morgan fingerprint density at radius 2 is 1.89 bits per heavy atom. The second-order valence-electron chi connectivity index (χ2n) is 7.06. The third-order valence-electron chi connectivity index (χ3n) is 3.28. The molecule has 0 fully saturated rings. The number of anilines is 2. The number of carbonyl (C=O) groups excluding carboxylic acids is 1. The molecule has 1 aromatic heterocycles. The lowest BCUT2D eigenvalue weighted by atomic mass is 10.2. The third-order valence-corrected chi connectivity index (χ3v) is 3.28. The van der Waals surface area contributed by atoms with Crippen LogP contribution in [0.15, 0.2) is 52.7 Å². The number of rotatable bonds is 6. The average molecular weight is 370 g/mol. The molecule has 2 aromatic rings. The molecule has 8 nitrogen and oxygen atoms in total. The van der Waals surface area contributed by atoms with Crippen molar-refractivity contribution >= 4 is 29.1 Å². The lowest BCUT2D eigenvalue weighted by molar-refractivity contribution is 0.0511. The molecule has 0 aliphatic heterocycles. The molecule has 0 aliphatic rings. The molecule has 1 heterocycles. The number of alkyl carbamates (subject to hydrolysis) is 1. The number of nitrogen functional groups attached to an aromatic ring is 1. The molecule has 0 saturated carbocycles. The van der Waals surface area contributed by atoms with E-state index in [2.05, 4.69) is 25.8 Å². The van der Waals surface area contributed by atoms with Crippen LogP contribution in [0.2, 0.25) is 0 Å². The fraction of sp³-hybridized carbons (Fsp3) is 0.368. The van der Waals surface area contributed by atoms with Crippen LogP contribution in [0.1, 0.15) is 27.7 Å². The molecule has 1 atom stereocenters. The van der Waals surface area contributed by atoms with Crippen LogP contribution in [-0.2, 0) is 4.74 Å². The molecule has 1 unspecified atom stereocenters. The number of amides is 1. The van der Waals surface area contributed by atoms with Gasteiger partial charge in [0, 0.05) is 12.6 Å². The molecule has 4 N–H and O–H groups in total. The van der Waals surface area contributed by atoms with Crippen molar-refractivity contribution in [3.8, 4) is 0 Å². The van der Waals surface area contributed by atoms with Crippen molar-refractivity contribution in [2.75, 3.05) is 17.6 Å². The van der Waals surface area contributed by atoms with Crippen LogP contribution in [-0.4, -0.2) is 29.3 Å². The van der Waals surface area contributed by atoms with Gasteiger partial charge in [-0.1, -0.05) is 18.2 Å². The standard InChI is InChI=1S/C19H26N6O2/c1-13(22-18(26)27-19(2,3)4)12-21-16-11-10-15(17(20)23-16)25-24-14-8-6-5-7-9-14/h5-11,13H,12H2,1-4H3,(H,22,26)(H3,20,21,23). The summed E-state index contributed by atoms with van der Waals surface area (Å²) in [5.74, 6) is 0.858. The topological polar surface area (TPSA) is 114 Å². The van der Waals surface area contributed by atoms with Crippen LogP contribution in [0.3, 0.4) is 0 Å². The van der Waals surface area contributed by atoms with Crippen LogP contribution in [0.5, 0.6) is 0 Å². The number of carbonyl (C=O) groups is 1. The van der Waals surface area contributed by atoms with Crippen LogP contribution >= 0.6 is 0 Å². The minimum Gasteiger partial charge on any atom is -0.444 e. The summed E-state index contributed by atoms with van der Waals surface area (Å²) in [4.78, 5) is 16.0. The highest BCUT2D eigenvalue weighted by Gasteiger charge is 2.17. The molecule has 0 radical (unpaired) electrons. The summed E-state index contributed by atoms with van der Waals surface area (Å²) < 4.78 is 5.22. The lowest BCUT2D eigenvalue weighted by Crippen LogP contribution is -2.40. The summed E-state index contributed by atoms with van der Waals surface area (Å²) in [6.45, 7) is 7.79. The number of aromatic nitrogens is 1. The Bertz CT molecular complexity index is 787. The van der Waals surface area contributed by atoms with E-state index in [4.69, 9.17) is 10.5 Å². The van der Waals surface area contributed by atoms with Gasteiger partial charge in [-0.25, -0.2) is 9.78 Å². The number of ether oxygens (including phenoxy) is 1. The lowest BCUT2D eigenvalue weighted by Gasteiger charge is -2.22. The molecule has 0 spiro atoms. The second kappa shape index (κ2) is 8.98. The summed E-state index contributed by atoms with van der Waals surface area (Å²) in [7, 11) is 0. The van der Waals surface area contributed by atoms with E-state index in [1.807, 2.05) is 58.0 Å². The van der Waals surface area contributed by atoms with Crippen molar-refractivity contribution in [2.24, 2.45) is 10.2 Å². The van der Waals surface area contributed by atoms with Crippen molar-refractivity contribution in [3.63, 3.8) is 0 Å². The first-order chi connectivity index (χ1) is 12.7. The van der Waals surface area contributed by atoms with Gasteiger partial charge in [-0.2, -0.15) is 5.11 Å². The molecule has 27 heavy (non-hydrogen) atoms. The van der Waals surface area contributed by atoms with Gasteiger partial charge in [-0.15, -0.1) is 5.11 Å². The smallest absolute Gasteiger partial charge is 0.407 e. The van der Waals surface area contributed by atoms with Crippen LogP contribution in [0, 0.1) is 0 Å². The molecule has 1 amide bonds. The zero-order chi connectivity index (χ0) is 19.9. The highest BCUT2D eigenvalue weighted by atomic mass is 16.6. The van der Waals surface area contributed by atoms with E-state index in [1.165, 1.54) is 0 Å². The molecule has 144 valence electrons. The predicted molar refractivity (Wildman–Crippen MR) is 107 cm³/mol. The van der Waals surface area contributed by atoms with Crippen LogP contribution in [0.25, 0.3) is 0 Å². The van der Waals surface area contributed by atoms with Crippen LogP contribution < -0.4 is 16.4 Å². The molecule has 0 bridgehead atoms. The van der Waals surface area contributed by atoms with E-state index in [9.17, 15) is 4.79 Å². The van der Waals surface area contributed by atoms with Gasteiger partial charge in [0.15, 0.2) is 5.82 Å². The summed E-state index contributed by atoms with van der Waals surface area (Å²) in [5.41, 5.74) is 6.64. The Kier molecular flexibility index (Phi) is 6.70. The maximum atomic E-state index is 11.7. The monoisotopic (exact) mass is 370 g/mol. The molecule has 1 aromatic carbocycles. The SMILES string of the molecule is CC(CNc1ccc(N=Nc2ccccc2)c(N)n1)NC(=O)OC(C)(C)C. The third kappa shape index (κ3) is 7.31. The van der Waals surface area contributed by atoms with Gasteiger partial charge in [0.2, 0.25) is 0 Å². The maximum Gasteiger partial charge on any atom is 0.407 e. The highest BCUT2D eigenvalue weighted by molar-refractivity contribution is 5.68. The molecule has 8 heteroatoms. The van der Waals surface area contributed by atoms with E-state index in [-0.39, 0.29) is 11.9 Å². The minimum absolute atomic E-state index is 0.152. The molecule has 2 rings (SSSR count). The van der Waals surface area contributed by atoms with Gasteiger partial charge in [-0.3, -0.25) is 0 Å². The molecular formula is C19H26N6O2. The van der Waals surface area contributed by atoms with Gasteiger partial charge >= 0.3 is 6.09 Å². The predicted octanol–water partition coefficient (Wildman–Crippen LogP) is 4.40. The van der Waals surface area contributed by atoms with Crippen molar-refractivity contribution in [1.82, 2.24) is 10.3 Å². The van der Waals surface area contributed by atoms with Crippen molar-refractivity contribution in [2.45, 2.75) is 39.3 Å².